The number of hydrogen-bond acceptors (Lipinski definition) is 7. The van der Waals surface area contributed by atoms with Crippen LogP contribution in [0.2, 0.25) is 0 Å². The van der Waals surface area contributed by atoms with E-state index in [0.717, 1.165) is 0 Å². The van der Waals surface area contributed by atoms with Gasteiger partial charge in [-0.2, -0.15) is 8.99 Å². The summed E-state index contributed by atoms with van der Waals surface area (Å²) in [7, 11) is 1.09. The minimum atomic E-state index is -3.43. The van der Waals surface area contributed by atoms with Crippen LogP contribution in [0.4, 0.5) is 0 Å². The fraction of sp³-hybridized carbons (Fsp3) is 0.462. The van der Waals surface area contributed by atoms with Crippen LogP contribution in [0.15, 0.2) is 24.3 Å². The number of ether oxygens (including phenoxy) is 2. The first-order valence-corrected chi connectivity index (χ1v) is 8.43. The zero-order chi connectivity index (χ0) is 16.9. The van der Waals surface area contributed by atoms with E-state index in [1.165, 1.54) is 23.1 Å². The topological polar surface area (TPSA) is 99.4 Å². The molecule has 1 aromatic carbocycles. The molecule has 0 aliphatic carbocycles. The van der Waals surface area contributed by atoms with E-state index in [9.17, 15) is 8.42 Å². The second-order valence-corrected chi connectivity index (χ2v) is 6.97. The molecule has 0 radical (unpaired) electrons. The Morgan fingerprint density at radius 2 is 1.91 bits per heavy atom. The van der Waals surface area contributed by atoms with Crippen LogP contribution in [0.3, 0.4) is 0 Å². The van der Waals surface area contributed by atoms with Crippen LogP contribution in [0.25, 0.3) is 5.69 Å². The van der Waals surface area contributed by atoms with Gasteiger partial charge in [0.2, 0.25) is 10.0 Å². The molecule has 0 atom stereocenters. The summed E-state index contributed by atoms with van der Waals surface area (Å²) >= 11 is 0. The van der Waals surface area contributed by atoms with Gasteiger partial charge in [-0.05, 0) is 34.7 Å². The van der Waals surface area contributed by atoms with Crippen LogP contribution in [0, 0.1) is 0 Å². The molecule has 0 bridgehead atoms. The number of methoxy groups -OCH3 is 2. The Morgan fingerprint density at radius 3 is 2.52 bits per heavy atom. The molecule has 0 saturated heterocycles. The van der Waals surface area contributed by atoms with Crippen LogP contribution >= 0.6 is 0 Å². The summed E-state index contributed by atoms with van der Waals surface area (Å²) < 4.78 is 36.8. The first-order valence-electron chi connectivity index (χ1n) is 6.82. The summed E-state index contributed by atoms with van der Waals surface area (Å²) in [5.74, 6) is 1.03. The quantitative estimate of drug-likeness (QED) is 0.670. The summed E-state index contributed by atoms with van der Waals surface area (Å²) in [4.78, 5) is 0. The van der Waals surface area contributed by atoms with Crippen molar-refractivity contribution in [2.45, 2.75) is 6.54 Å². The van der Waals surface area contributed by atoms with Crippen LogP contribution < -0.4 is 4.74 Å². The van der Waals surface area contributed by atoms with Crippen molar-refractivity contribution in [3.8, 4) is 11.4 Å². The number of sulfonamides is 1. The van der Waals surface area contributed by atoms with Crippen molar-refractivity contribution < 1.29 is 17.9 Å². The van der Waals surface area contributed by atoms with Gasteiger partial charge in [0, 0.05) is 14.2 Å². The van der Waals surface area contributed by atoms with Crippen molar-refractivity contribution in [2.24, 2.45) is 0 Å². The van der Waals surface area contributed by atoms with Gasteiger partial charge in [0.05, 0.1) is 31.7 Å². The van der Waals surface area contributed by atoms with E-state index in [4.69, 9.17) is 9.47 Å². The summed E-state index contributed by atoms with van der Waals surface area (Å²) in [6.45, 7) is 0.196. The largest absolute Gasteiger partial charge is 0.497 e. The first-order chi connectivity index (χ1) is 11.0. The fourth-order valence-electron chi connectivity index (χ4n) is 1.87. The highest BCUT2D eigenvalue weighted by molar-refractivity contribution is 7.89. The molecule has 0 fully saturated rings. The third-order valence-corrected chi connectivity index (χ3v) is 5.00. The molecule has 0 amide bonds. The maximum absolute atomic E-state index is 12.1. The van der Waals surface area contributed by atoms with Crippen molar-refractivity contribution >= 4 is 10.0 Å². The second-order valence-electron chi connectivity index (χ2n) is 4.77. The summed E-state index contributed by atoms with van der Waals surface area (Å²) in [6, 6.07) is 7.13. The van der Waals surface area contributed by atoms with Crippen molar-refractivity contribution in [1.82, 2.24) is 24.5 Å². The number of rotatable bonds is 8. The van der Waals surface area contributed by atoms with E-state index in [2.05, 4.69) is 15.5 Å². The minimum absolute atomic E-state index is 0.0606. The van der Waals surface area contributed by atoms with Gasteiger partial charge in [-0.15, -0.1) is 5.10 Å². The summed E-state index contributed by atoms with van der Waals surface area (Å²) in [5, 5.41) is 11.4. The van der Waals surface area contributed by atoms with Crippen molar-refractivity contribution in [2.75, 3.05) is 33.6 Å². The third-order valence-electron chi connectivity index (χ3n) is 3.24. The Hall–Kier alpha value is -2.04. The lowest BCUT2D eigenvalue weighted by molar-refractivity contribution is 0.215. The van der Waals surface area contributed by atoms with Gasteiger partial charge in [-0.25, -0.2) is 8.42 Å². The molecule has 0 aliphatic heterocycles. The lowest BCUT2D eigenvalue weighted by atomic mass is 10.3. The number of hydrogen-bond donors (Lipinski definition) is 0. The van der Waals surface area contributed by atoms with Gasteiger partial charge in [0.1, 0.15) is 5.75 Å². The Balaban J connectivity index is 2.17. The van der Waals surface area contributed by atoms with E-state index >= 15 is 0 Å². The van der Waals surface area contributed by atoms with E-state index in [-0.39, 0.29) is 18.9 Å². The van der Waals surface area contributed by atoms with Crippen LogP contribution in [-0.4, -0.2) is 66.6 Å². The molecule has 1 heterocycles. The molecule has 0 aliphatic rings. The van der Waals surface area contributed by atoms with Crippen LogP contribution in [0.5, 0.6) is 5.75 Å². The lowest BCUT2D eigenvalue weighted by Gasteiger charge is -2.16. The van der Waals surface area contributed by atoms with E-state index in [0.29, 0.717) is 17.3 Å². The molecule has 0 spiro atoms. The maximum atomic E-state index is 12.1. The van der Waals surface area contributed by atoms with Gasteiger partial charge in [0.15, 0.2) is 5.82 Å². The molecule has 9 nitrogen and oxygen atoms in total. The highest BCUT2D eigenvalue weighted by Gasteiger charge is 2.21. The summed E-state index contributed by atoms with van der Waals surface area (Å²) in [5.41, 5.74) is 0.716. The van der Waals surface area contributed by atoms with Gasteiger partial charge < -0.3 is 9.47 Å². The van der Waals surface area contributed by atoms with Gasteiger partial charge in [-0.1, -0.05) is 0 Å². The molecule has 0 unspecified atom stereocenters. The predicted molar refractivity (Wildman–Crippen MR) is 82.8 cm³/mol. The SMILES string of the molecule is COCCS(=O)(=O)N(C)Cc1nnnn1-c1ccc(OC)cc1. The van der Waals surface area contributed by atoms with Crippen molar-refractivity contribution in [3.05, 3.63) is 30.1 Å². The molecule has 23 heavy (non-hydrogen) atoms. The molecule has 0 N–H and O–H groups in total. The van der Waals surface area contributed by atoms with E-state index in [1.54, 1.807) is 31.4 Å². The van der Waals surface area contributed by atoms with Crippen molar-refractivity contribution in [1.29, 1.82) is 0 Å². The zero-order valence-corrected chi connectivity index (χ0v) is 14.0. The molecule has 10 heteroatoms. The number of nitrogens with zero attached hydrogens (tertiary/aromatic N) is 5. The summed E-state index contributed by atoms with van der Waals surface area (Å²) in [6.07, 6.45) is 0. The van der Waals surface area contributed by atoms with Gasteiger partial charge >= 0.3 is 0 Å². The molecule has 126 valence electrons. The van der Waals surface area contributed by atoms with Crippen molar-refractivity contribution in [3.63, 3.8) is 0 Å². The average Bonchev–Trinajstić information content (AvgIpc) is 3.01. The lowest BCUT2D eigenvalue weighted by Crippen LogP contribution is -2.31. The first kappa shape index (κ1) is 17.3. The van der Waals surface area contributed by atoms with E-state index < -0.39 is 10.0 Å². The normalized spacial score (nSPS) is 11.8. The number of benzene rings is 1. The van der Waals surface area contributed by atoms with Gasteiger partial charge in [-0.3, -0.25) is 0 Å². The molecule has 2 rings (SSSR count). The fourth-order valence-corrected chi connectivity index (χ4v) is 2.87. The monoisotopic (exact) mass is 341 g/mol. The minimum Gasteiger partial charge on any atom is -0.497 e. The number of tetrazole rings is 1. The van der Waals surface area contributed by atoms with E-state index in [1.807, 2.05) is 0 Å². The molecule has 0 saturated carbocycles. The number of aromatic nitrogens is 4. The average molecular weight is 341 g/mol. The predicted octanol–water partition coefficient (Wildman–Crippen LogP) is 0.0789. The van der Waals surface area contributed by atoms with Crippen LogP contribution in [0.1, 0.15) is 5.82 Å². The molecular weight excluding hydrogens is 322 g/mol. The molecule has 1 aromatic heterocycles. The highest BCUT2D eigenvalue weighted by Crippen LogP contribution is 2.15. The third kappa shape index (κ3) is 4.24. The highest BCUT2D eigenvalue weighted by atomic mass is 32.2. The van der Waals surface area contributed by atoms with Gasteiger partial charge in [0.25, 0.3) is 0 Å². The zero-order valence-electron chi connectivity index (χ0n) is 13.2. The van der Waals surface area contributed by atoms with Crippen LogP contribution in [-0.2, 0) is 21.3 Å². The Kier molecular flexibility index (Phi) is 5.64. The molecule has 2 aromatic rings. The second kappa shape index (κ2) is 7.49. The Morgan fingerprint density at radius 1 is 1.22 bits per heavy atom. The maximum Gasteiger partial charge on any atom is 0.216 e. The smallest absolute Gasteiger partial charge is 0.216 e. The Bertz CT molecular complexity index is 729. The Labute approximate surface area is 134 Å². The standard InChI is InChI=1S/C13H19N5O4S/c1-17(23(19,20)9-8-21-2)10-13-14-15-16-18(13)11-4-6-12(22-3)7-5-11/h4-7H,8-10H2,1-3H3. The molecular formula is C13H19N5O4S.